The minimum Gasteiger partial charge on any atom is -0.493 e. The van der Waals surface area contributed by atoms with Gasteiger partial charge < -0.3 is 4.74 Å². The molecule has 0 saturated carbocycles. The second kappa shape index (κ2) is 5.32. The first-order valence-corrected chi connectivity index (χ1v) is 7.44. The standard InChI is InChI=1S/C12H12ClNO4S/c1-2-7-18-9-3-4-10(19(15,16)17)8-5-6-14-12(13)11(8)9/h3-6H,2,7H2,1H3,(H,15,16,17). The highest BCUT2D eigenvalue weighted by atomic mass is 35.5. The molecule has 1 N–H and O–H groups in total. The van der Waals surface area contributed by atoms with Gasteiger partial charge in [-0.25, -0.2) is 4.98 Å². The van der Waals surface area contributed by atoms with Crippen LogP contribution in [0.15, 0.2) is 29.3 Å². The Morgan fingerprint density at radius 2 is 2.11 bits per heavy atom. The largest absolute Gasteiger partial charge is 0.493 e. The maximum atomic E-state index is 11.3. The van der Waals surface area contributed by atoms with Crippen LogP contribution in [-0.4, -0.2) is 24.6 Å². The third kappa shape index (κ3) is 2.80. The van der Waals surface area contributed by atoms with Crippen LogP contribution in [0.25, 0.3) is 10.8 Å². The predicted octanol–water partition coefficient (Wildman–Crippen LogP) is 2.92. The third-order valence-electron chi connectivity index (χ3n) is 2.54. The summed E-state index contributed by atoms with van der Waals surface area (Å²) in [5.74, 6) is 0.447. The molecule has 0 atom stereocenters. The lowest BCUT2D eigenvalue weighted by Crippen LogP contribution is -2.02. The topological polar surface area (TPSA) is 76.5 Å². The Morgan fingerprint density at radius 3 is 2.74 bits per heavy atom. The van der Waals surface area contributed by atoms with Gasteiger partial charge in [-0.1, -0.05) is 18.5 Å². The number of ether oxygens (including phenoxy) is 1. The lowest BCUT2D eigenvalue weighted by Gasteiger charge is -2.11. The van der Waals surface area contributed by atoms with Gasteiger partial charge in [0.25, 0.3) is 10.1 Å². The molecule has 2 rings (SSSR count). The van der Waals surface area contributed by atoms with Crippen molar-refractivity contribution in [2.75, 3.05) is 6.61 Å². The molecule has 0 aliphatic carbocycles. The average Bonchev–Trinajstić information content (AvgIpc) is 2.34. The second-order valence-electron chi connectivity index (χ2n) is 3.91. The van der Waals surface area contributed by atoms with E-state index >= 15 is 0 Å². The van der Waals surface area contributed by atoms with Crippen LogP contribution in [0.1, 0.15) is 13.3 Å². The lowest BCUT2D eigenvalue weighted by molar-refractivity contribution is 0.321. The average molecular weight is 302 g/mol. The molecule has 0 unspecified atom stereocenters. The molecule has 102 valence electrons. The number of rotatable bonds is 4. The van der Waals surface area contributed by atoms with Crippen LogP contribution < -0.4 is 4.74 Å². The summed E-state index contributed by atoms with van der Waals surface area (Å²) < 4.78 is 37.4. The van der Waals surface area contributed by atoms with Gasteiger partial charge in [-0.05, 0) is 24.6 Å². The third-order valence-corrected chi connectivity index (χ3v) is 3.74. The molecule has 0 fully saturated rings. The van der Waals surface area contributed by atoms with Crippen molar-refractivity contribution in [3.8, 4) is 5.75 Å². The highest BCUT2D eigenvalue weighted by Crippen LogP contribution is 2.34. The van der Waals surface area contributed by atoms with Crippen LogP contribution in [-0.2, 0) is 10.1 Å². The van der Waals surface area contributed by atoms with Crippen LogP contribution in [0.4, 0.5) is 0 Å². The molecule has 0 saturated heterocycles. The van der Waals surface area contributed by atoms with E-state index in [1.165, 1.54) is 24.4 Å². The molecular weight excluding hydrogens is 290 g/mol. The number of aromatic nitrogens is 1. The molecule has 0 aliphatic heterocycles. The maximum Gasteiger partial charge on any atom is 0.295 e. The summed E-state index contributed by atoms with van der Waals surface area (Å²) in [6.07, 6.45) is 2.18. The zero-order chi connectivity index (χ0) is 14.0. The van der Waals surface area contributed by atoms with Gasteiger partial charge >= 0.3 is 0 Å². The van der Waals surface area contributed by atoms with Gasteiger partial charge in [0.05, 0.1) is 12.0 Å². The van der Waals surface area contributed by atoms with Crippen LogP contribution in [0.2, 0.25) is 5.15 Å². The molecule has 7 heteroatoms. The number of pyridine rings is 1. The molecule has 1 aromatic heterocycles. The van der Waals surface area contributed by atoms with E-state index in [9.17, 15) is 13.0 Å². The molecule has 0 aliphatic rings. The van der Waals surface area contributed by atoms with E-state index < -0.39 is 10.1 Å². The van der Waals surface area contributed by atoms with Gasteiger partial charge in [-0.15, -0.1) is 0 Å². The SMILES string of the molecule is CCCOc1ccc(S(=O)(=O)O)c2ccnc(Cl)c12. The highest BCUT2D eigenvalue weighted by Gasteiger charge is 2.18. The first kappa shape index (κ1) is 14.0. The van der Waals surface area contributed by atoms with E-state index in [1.807, 2.05) is 6.92 Å². The van der Waals surface area contributed by atoms with Crippen LogP contribution >= 0.6 is 11.6 Å². The summed E-state index contributed by atoms with van der Waals surface area (Å²) in [6, 6.07) is 4.23. The number of fused-ring (bicyclic) bond motifs is 1. The molecule has 0 radical (unpaired) electrons. The molecule has 5 nitrogen and oxygen atoms in total. The first-order chi connectivity index (χ1) is 8.95. The minimum atomic E-state index is -4.33. The van der Waals surface area contributed by atoms with Gasteiger partial charge in [0, 0.05) is 11.6 Å². The molecule has 1 aromatic carbocycles. The highest BCUT2D eigenvalue weighted by molar-refractivity contribution is 7.86. The maximum absolute atomic E-state index is 11.3. The van der Waals surface area contributed by atoms with Crippen molar-refractivity contribution in [2.45, 2.75) is 18.2 Å². The fraction of sp³-hybridized carbons (Fsp3) is 0.250. The van der Waals surface area contributed by atoms with Crippen molar-refractivity contribution in [1.82, 2.24) is 4.98 Å². The molecule has 0 spiro atoms. The molecule has 0 amide bonds. The Labute approximate surface area is 115 Å². The number of nitrogens with zero attached hydrogens (tertiary/aromatic N) is 1. The summed E-state index contributed by atoms with van der Waals surface area (Å²) in [4.78, 5) is 3.70. The molecular formula is C12H12ClNO4S. The summed E-state index contributed by atoms with van der Waals surface area (Å²) in [6.45, 7) is 2.43. The van der Waals surface area contributed by atoms with E-state index in [4.69, 9.17) is 16.3 Å². The fourth-order valence-corrected chi connectivity index (χ4v) is 2.70. The zero-order valence-corrected chi connectivity index (χ0v) is 11.7. The zero-order valence-electron chi connectivity index (χ0n) is 10.1. The van der Waals surface area contributed by atoms with E-state index in [2.05, 4.69) is 4.98 Å². The molecule has 1 heterocycles. The number of halogens is 1. The number of hydrogen-bond acceptors (Lipinski definition) is 4. The van der Waals surface area contributed by atoms with Gasteiger partial charge in [0.15, 0.2) is 0 Å². The van der Waals surface area contributed by atoms with E-state index in [0.29, 0.717) is 17.7 Å². The van der Waals surface area contributed by atoms with Crippen molar-refractivity contribution < 1.29 is 17.7 Å². The van der Waals surface area contributed by atoms with Crippen molar-refractivity contribution in [3.05, 3.63) is 29.5 Å². The summed E-state index contributed by atoms with van der Waals surface area (Å²) in [5.41, 5.74) is 0. The summed E-state index contributed by atoms with van der Waals surface area (Å²) >= 11 is 6.00. The monoisotopic (exact) mass is 301 g/mol. The quantitative estimate of drug-likeness (QED) is 0.694. The minimum absolute atomic E-state index is 0.133. The molecule has 0 bridgehead atoms. The van der Waals surface area contributed by atoms with Crippen molar-refractivity contribution in [1.29, 1.82) is 0 Å². The smallest absolute Gasteiger partial charge is 0.295 e. The van der Waals surface area contributed by atoms with Crippen LogP contribution in [0.5, 0.6) is 5.75 Å². The summed E-state index contributed by atoms with van der Waals surface area (Å²) in [7, 11) is -4.33. The fourth-order valence-electron chi connectivity index (χ4n) is 1.76. The number of benzene rings is 1. The Bertz CT molecular complexity index is 715. The van der Waals surface area contributed by atoms with Crippen molar-refractivity contribution >= 4 is 32.5 Å². The van der Waals surface area contributed by atoms with E-state index in [1.54, 1.807) is 0 Å². The number of hydrogen-bond donors (Lipinski definition) is 1. The van der Waals surface area contributed by atoms with Gasteiger partial charge in [0.2, 0.25) is 0 Å². The normalized spacial score (nSPS) is 11.7. The van der Waals surface area contributed by atoms with E-state index in [-0.39, 0.29) is 15.4 Å². The van der Waals surface area contributed by atoms with Crippen LogP contribution in [0, 0.1) is 0 Å². The predicted molar refractivity (Wildman–Crippen MR) is 72.4 cm³/mol. The van der Waals surface area contributed by atoms with Gasteiger partial charge in [-0.2, -0.15) is 8.42 Å². The van der Waals surface area contributed by atoms with Crippen molar-refractivity contribution in [3.63, 3.8) is 0 Å². The van der Waals surface area contributed by atoms with Crippen molar-refractivity contribution in [2.24, 2.45) is 0 Å². The second-order valence-corrected chi connectivity index (χ2v) is 5.66. The Morgan fingerprint density at radius 1 is 1.37 bits per heavy atom. The molecule has 2 aromatic rings. The van der Waals surface area contributed by atoms with E-state index in [0.717, 1.165) is 6.42 Å². The lowest BCUT2D eigenvalue weighted by atomic mass is 10.1. The Hall–Kier alpha value is -1.37. The van der Waals surface area contributed by atoms with Crippen LogP contribution in [0.3, 0.4) is 0 Å². The first-order valence-electron chi connectivity index (χ1n) is 5.62. The Balaban J connectivity index is 2.76. The van der Waals surface area contributed by atoms with Gasteiger partial charge in [0.1, 0.15) is 15.8 Å². The van der Waals surface area contributed by atoms with Gasteiger partial charge in [-0.3, -0.25) is 4.55 Å². The molecule has 19 heavy (non-hydrogen) atoms. The summed E-state index contributed by atoms with van der Waals surface area (Å²) in [5, 5.41) is 0.804. The Kier molecular flexibility index (Phi) is 3.93.